The van der Waals surface area contributed by atoms with Crippen LogP contribution in [0.15, 0.2) is 18.2 Å². The molecule has 6 heteroatoms. The van der Waals surface area contributed by atoms with Crippen LogP contribution in [0, 0.1) is 11.2 Å². The third kappa shape index (κ3) is 4.01. The van der Waals surface area contributed by atoms with Crippen LogP contribution < -0.4 is 15.5 Å². The number of nitrogens with one attached hydrogen (secondary N) is 2. The van der Waals surface area contributed by atoms with E-state index < -0.39 is 0 Å². The first-order valence-electron chi connectivity index (χ1n) is 9.71. The van der Waals surface area contributed by atoms with E-state index in [0.29, 0.717) is 6.54 Å². The third-order valence-electron chi connectivity index (χ3n) is 5.88. The van der Waals surface area contributed by atoms with Crippen molar-refractivity contribution in [2.24, 2.45) is 5.41 Å². The minimum absolute atomic E-state index is 0.0426. The fraction of sp³-hybridized carbons (Fsp3) is 0.650. The van der Waals surface area contributed by atoms with Crippen LogP contribution in [0.25, 0.3) is 0 Å². The van der Waals surface area contributed by atoms with E-state index in [-0.39, 0.29) is 23.2 Å². The molecule has 2 atom stereocenters. The fourth-order valence-electron chi connectivity index (χ4n) is 3.92. The molecule has 2 unspecified atom stereocenters. The van der Waals surface area contributed by atoms with Crippen molar-refractivity contribution in [3.63, 3.8) is 0 Å². The van der Waals surface area contributed by atoms with Crippen molar-refractivity contribution < 1.29 is 9.18 Å². The van der Waals surface area contributed by atoms with Gasteiger partial charge in [0, 0.05) is 44.0 Å². The number of amides is 1. The molecule has 0 radical (unpaired) electrons. The number of rotatable bonds is 5. The normalized spacial score (nSPS) is 25.3. The Labute approximate surface area is 155 Å². The van der Waals surface area contributed by atoms with Gasteiger partial charge in [0.05, 0.1) is 11.5 Å². The largest absolute Gasteiger partial charge is 0.369 e. The molecule has 3 rings (SSSR count). The average Bonchev–Trinajstić information content (AvgIpc) is 3.10. The summed E-state index contributed by atoms with van der Waals surface area (Å²) < 4.78 is 14.0. The Morgan fingerprint density at radius 1 is 1.35 bits per heavy atom. The number of carbonyl (C=O) groups is 1. The summed E-state index contributed by atoms with van der Waals surface area (Å²) in [6.45, 7) is 12.6. The zero-order valence-electron chi connectivity index (χ0n) is 16.1. The van der Waals surface area contributed by atoms with E-state index in [9.17, 15) is 9.18 Å². The first kappa shape index (κ1) is 19.1. The number of likely N-dealkylation sites (N-methyl/N-ethyl adjacent to an activating group) is 1. The SMILES string of the molecule is CCN1CCN(c2ccc(F)cc2C(C)NC(=O)C2(C)CCNC2)CC1. The molecule has 2 aliphatic rings. The van der Waals surface area contributed by atoms with E-state index >= 15 is 0 Å². The van der Waals surface area contributed by atoms with Gasteiger partial charge in [-0.15, -0.1) is 0 Å². The van der Waals surface area contributed by atoms with E-state index in [1.165, 1.54) is 6.07 Å². The summed E-state index contributed by atoms with van der Waals surface area (Å²) in [4.78, 5) is 17.5. The van der Waals surface area contributed by atoms with Crippen LogP contribution in [0.1, 0.15) is 38.8 Å². The Balaban J connectivity index is 1.76. The number of piperazine rings is 1. The van der Waals surface area contributed by atoms with E-state index in [1.807, 2.05) is 19.9 Å². The lowest BCUT2D eigenvalue weighted by Gasteiger charge is -2.37. The zero-order chi connectivity index (χ0) is 18.7. The van der Waals surface area contributed by atoms with Crippen molar-refractivity contribution in [3.05, 3.63) is 29.6 Å². The summed E-state index contributed by atoms with van der Waals surface area (Å²) in [6.07, 6.45) is 0.834. The number of nitrogens with zero attached hydrogens (tertiary/aromatic N) is 2. The molecular formula is C20H31FN4O. The third-order valence-corrected chi connectivity index (χ3v) is 5.88. The summed E-state index contributed by atoms with van der Waals surface area (Å²) >= 11 is 0. The first-order valence-corrected chi connectivity index (χ1v) is 9.71. The minimum Gasteiger partial charge on any atom is -0.369 e. The second kappa shape index (κ2) is 7.92. The van der Waals surface area contributed by atoms with E-state index in [2.05, 4.69) is 27.4 Å². The lowest BCUT2D eigenvalue weighted by atomic mass is 9.88. The number of benzene rings is 1. The van der Waals surface area contributed by atoms with Crippen LogP contribution in [0.5, 0.6) is 0 Å². The van der Waals surface area contributed by atoms with Gasteiger partial charge in [-0.3, -0.25) is 4.79 Å². The topological polar surface area (TPSA) is 47.6 Å². The maximum absolute atomic E-state index is 14.0. The molecule has 2 heterocycles. The molecule has 2 N–H and O–H groups in total. The van der Waals surface area contributed by atoms with Crippen molar-refractivity contribution in [3.8, 4) is 0 Å². The Kier molecular flexibility index (Phi) is 5.82. The van der Waals surface area contributed by atoms with Crippen LogP contribution in [0.3, 0.4) is 0 Å². The smallest absolute Gasteiger partial charge is 0.227 e. The van der Waals surface area contributed by atoms with Gasteiger partial charge in [-0.05, 0) is 51.6 Å². The van der Waals surface area contributed by atoms with Gasteiger partial charge in [0.1, 0.15) is 5.82 Å². The fourth-order valence-corrected chi connectivity index (χ4v) is 3.92. The lowest BCUT2D eigenvalue weighted by molar-refractivity contribution is -0.129. The van der Waals surface area contributed by atoms with Gasteiger partial charge in [-0.25, -0.2) is 4.39 Å². The van der Waals surface area contributed by atoms with Crippen molar-refractivity contribution in [2.45, 2.75) is 33.2 Å². The Bertz CT molecular complexity index is 637. The Morgan fingerprint density at radius 3 is 2.69 bits per heavy atom. The zero-order valence-corrected chi connectivity index (χ0v) is 16.1. The standard InChI is InChI=1S/C20H31FN4O/c1-4-24-9-11-25(12-10-24)18-6-5-16(21)13-17(18)15(2)23-19(26)20(3)7-8-22-14-20/h5-6,13,15,22H,4,7-12,14H2,1-3H3,(H,23,26). The molecule has 2 aliphatic heterocycles. The highest BCUT2D eigenvalue weighted by molar-refractivity contribution is 5.83. The van der Waals surface area contributed by atoms with Crippen LogP contribution >= 0.6 is 0 Å². The quantitative estimate of drug-likeness (QED) is 0.843. The number of hydrogen-bond acceptors (Lipinski definition) is 4. The number of hydrogen-bond donors (Lipinski definition) is 2. The lowest BCUT2D eigenvalue weighted by Crippen LogP contribution is -2.47. The van der Waals surface area contributed by atoms with Gasteiger partial charge in [-0.2, -0.15) is 0 Å². The highest BCUT2D eigenvalue weighted by Crippen LogP contribution is 2.30. The van der Waals surface area contributed by atoms with Gasteiger partial charge >= 0.3 is 0 Å². The number of halogens is 1. The molecule has 2 fully saturated rings. The molecule has 1 aromatic rings. The second-order valence-electron chi connectivity index (χ2n) is 7.81. The van der Waals surface area contributed by atoms with Crippen molar-refractivity contribution in [2.75, 3.05) is 50.7 Å². The van der Waals surface area contributed by atoms with Crippen LogP contribution in [0.4, 0.5) is 10.1 Å². The number of carbonyl (C=O) groups excluding carboxylic acids is 1. The predicted octanol–water partition coefficient (Wildman–Crippen LogP) is 2.14. The van der Waals surface area contributed by atoms with Gasteiger partial charge < -0.3 is 20.4 Å². The number of anilines is 1. The first-order chi connectivity index (χ1) is 12.4. The van der Waals surface area contributed by atoms with Gasteiger partial charge in [0.15, 0.2) is 0 Å². The minimum atomic E-state index is -0.380. The van der Waals surface area contributed by atoms with E-state index in [4.69, 9.17) is 0 Å². The predicted molar refractivity (Wildman–Crippen MR) is 103 cm³/mol. The molecule has 144 valence electrons. The average molecular weight is 362 g/mol. The molecule has 1 aromatic carbocycles. The highest BCUT2D eigenvalue weighted by atomic mass is 19.1. The van der Waals surface area contributed by atoms with Gasteiger partial charge in [-0.1, -0.05) is 6.92 Å². The molecule has 0 saturated carbocycles. The molecule has 2 saturated heterocycles. The molecule has 0 spiro atoms. The maximum Gasteiger partial charge on any atom is 0.227 e. The molecule has 0 bridgehead atoms. The van der Waals surface area contributed by atoms with Gasteiger partial charge in [0.25, 0.3) is 0 Å². The Morgan fingerprint density at radius 2 is 2.08 bits per heavy atom. The molecular weight excluding hydrogens is 331 g/mol. The molecule has 0 aliphatic carbocycles. The van der Waals surface area contributed by atoms with Crippen LogP contribution in [-0.4, -0.2) is 56.6 Å². The molecule has 1 amide bonds. The van der Waals surface area contributed by atoms with Crippen molar-refractivity contribution >= 4 is 11.6 Å². The monoisotopic (exact) mass is 362 g/mol. The molecule has 5 nitrogen and oxygen atoms in total. The van der Waals surface area contributed by atoms with Gasteiger partial charge in [0.2, 0.25) is 5.91 Å². The highest BCUT2D eigenvalue weighted by Gasteiger charge is 2.37. The summed E-state index contributed by atoms with van der Waals surface area (Å²) in [5, 5.41) is 6.38. The maximum atomic E-state index is 14.0. The summed E-state index contributed by atoms with van der Waals surface area (Å²) in [6, 6.07) is 4.71. The summed E-state index contributed by atoms with van der Waals surface area (Å²) in [5.41, 5.74) is 1.51. The Hall–Kier alpha value is -1.66. The molecule has 0 aromatic heterocycles. The second-order valence-corrected chi connectivity index (χ2v) is 7.81. The summed E-state index contributed by atoms with van der Waals surface area (Å²) in [5.74, 6) is -0.216. The van der Waals surface area contributed by atoms with Crippen molar-refractivity contribution in [1.29, 1.82) is 0 Å². The summed E-state index contributed by atoms with van der Waals surface area (Å²) in [7, 11) is 0. The van der Waals surface area contributed by atoms with E-state index in [0.717, 1.165) is 56.9 Å². The van der Waals surface area contributed by atoms with E-state index in [1.54, 1.807) is 6.07 Å². The van der Waals surface area contributed by atoms with Crippen LogP contribution in [0.2, 0.25) is 0 Å². The van der Waals surface area contributed by atoms with Crippen molar-refractivity contribution in [1.82, 2.24) is 15.5 Å². The molecule has 26 heavy (non-hydrogen) atoms. The van der Waals surface area contributed by atoms with Crippen LogP contribution in [-0.2, 0) is 4.79 Å².